The zero-order chi connectivity index (χ0) is 21.6. The highest BCUT2D eigenvalue weighted by molar-refractivity contribution is 6.30. The molecule has 4 rings (SSSR count). The SMILES string of the molecule is Cc1ccccc1CN1CCN(C(=O)c2cccc(COc3ccc(Cl)cc3)c2)CC1. The molecule has 0 aromatic heterocycles. The van der Waals surface area contributed by atoms with E-state index in [0.29, 0.717) is 17.2 Å². The van der Waals surface area contributed by atoms with E-state index in [2.05, 4.69) is 36.1 Å². The van der Waals surface area contributed by atoms with E-state index in [-0.39, 0.29) is 5.91 Å². The maximum Gasteiger partial charge on any atom is 0.253 e. The summed E-state index contributed by atoms with van der Waals surface area (Å²) in [6, 6.07) is 23.5. The number of aryl methyl sites for hydroxylation is 1. The molecule has 1 heterocycles. The van der Waals surface area contributed by atoms with Crippen LogP contribution in [0.1, 0.15) is 27.0 Å². The number of benzene rings is 3. The molecule has 1 fully saturated rings. The van der Waals surface area contributed by atoms with Crippen molar-refractivity contribution in [1.29, 1.82) is 0 Å². The fraction of sp³-hybridized carbons (Fsp3) is 0.269. The Kier molecular flexibility index (Phi) is 6.90. The first-order chi connectivity index (χ1) is 15.1. The van der Waals surface area contributed by atoms with Crippen molar-refractivity contribution in [2.24, 2.45) is 0 Å². The number of rotatable bonds is 6. The van der Waals surface area contributed by atoms with E-state index in [4.69, 9.17) is 16.3 Å². The van der Waals surface area contributed by atoms with Crippen molar-refractivity contribution in [3.8, 4) is 5.75 Å². The van der Waals surface area contributed by atoms with Gasteiger partial charge in [0.2, 0.25) is 0 Å². The number of ether oxygens (including phenoxy) is 1. The molecule has 1 amide bonds. The summed E-state index contributed by atoms with van der Waals surface area (Å²) in [5.74, 6) is 0.842. The molecule has 0 aliphatic carbocycles. The van der Waals surface area contributed by atoms with Crippen LogP contribution in [0, 0.1) is 6.92 Å². The van der Waals surface area contributed by atoms with E-state index in [1.165, 1.54) is 11.1 Å². The van der Waals surface area contributed by atoms with Crippen molar-refractivity contribution in [3.63, 3.8) is 0 Å². The van der Waals surface area contributed by atoms with Crippen LogP contribution in [0.2, 0.25) is 5.02 Å². The first-order valence-electron chi connectivity index (χ1n) is 10.6. The number of nitrogens with zero attached hydrogens (tertiary/aromatic N) is 2. The zero-order valence-electron chi connectivity index (χ0n) is 17.8. The van der Waals surface area contributed by atoms with E-state index in [9.17, 15) is 4.79 Å². The van der Waals surface area contributed by atoms with Gasteiger partial charge in [0.15, 0.2) is 0 Å². The maximum absolute atomic E-state index is 13.0. The molecule has 3 aromatic rings. The fourth-order valence-electron chi connectivity index (χ4n) is 3.81. The van der Waals surface area contributed by atoms with Crippen molar-refractivity contribution >= 4 is 17.5 Å². The second-order valence-corrected chi connectivity index (χ2v) is 8.37. The van der Waals surface area contributed by atoms with Gasteiger partial charge >= 0.3 is 0 Å². The largest absolute Gasteiger partial charge is 0.489 e. The van der Waals surface area contributed by atoms with Crippen LogP contribution in [0.25, 0.3) is 0 Å². The summed E-state index contributed by atoms with van der Waals surface area (Å²) in [7, 11) is 0. The van der Waals surface area contributed by atoms with Gasteiger partial charge in [0.05, 0.1) is 0 Å². The number of hydrogen-bond donors (Lipinski definition) is 0. The van der Waals surface area contributed by atoms with Gasteiger partial charge in [-0.15, -0.1) is 0 Å². The molecule has 4 nitrogen and oxygen atoms in total. The third kappa shape index (κ3) is 5.66. The molecule has 5 heteroatoms. The van der Waals surface area contributed by atoms with Crippen LogP contribution in [0.3, 0.4) is 0 Å². The molecular weight excluding hydrogens is 408 g/mol. The summed E-state index contributed by atoms with van der Waals surface area (Å²) in [6.07, 6.45) is 0. The number of carbonyl (C=O) groups excluding carboxylic acids is 1. The summed E-state index contributed by atoms with van der Waals surface area (Å²) in [5.41, 5.74) is 4.36. The molecule has 0 bridgehead atoms. The highest BCUT2D eigenvalue weighted by atomic mass is 35.5. The minimum absolute atomic E-state index is 0.0869. The van der Waals surface area contributed by atoms with E-state index < -0.39 is 0 Å². The van der Waals surface area contributed by atoms with E-state index in [0.717, 1.165) is 44.0 Å². The molecule has 1 aliphatic heterocycles. The molecule has 0 spiro atoms. The van der Waals surface area contributed by atoms with Gasteiger partial charge in [-0.05, 0) is 60.0 Å². The van der Waals surface area contributed by atoms with Crippen LogP contribution in [0.4, 0.5) is 0 Å². The summed E-state index contributed by atoms with van der Waals surface area (Å²) >= 11 is 5.91. The minimum Gasteiger partial charge on any atom is -0.489 e. The molecule has 31 heavy (non-hydrogen) atoms. The minimum atomic E-state index is 0.0869. The van der Waals surface area contributed by atoms with Gasteiger partial charge < -0.3 is 9.64 Å². The predicted molar refractivity (Wildman–Crippen MR) is 125 cm³/mol. The molecule has 0 unspecified atom stereocenters. The smallest absolute Gasteiger partial charge is 0.253 e. The van der Waals surface area contributed by atoms with Gasteiger partial charge in [0.25, 0.3) is 5.91 Å². The summed E-state index contributed by atoms with van der Waals surface area (Å²) in [4.78, 5) is 17.4. The zero-order valence-corrected chi connectivity index (χ0v) is 18.5. The van der Waals surface area contributed by atoms with Crippen LogP contribution in [0.15, 0.2) is 72.8 Å². The van der Waals surface area contributed by atoms with Crippen molar-refractivity contribution < 1.29 is 9.53 Å². The molecule has 0 saturated carbocycles. The lowest BCUT2D eigenvalue weighted by molar-refractivity contribution is 0.0628. The van der Waals surface area contributed by atoms with Gasteiger partial charge in [-0.1, -0.05) is 48.0 Å². The Morgan fingerprint density at radius 2 is 1.68 bits per heavy atom. The average Bonchev–Trinajstić information content (AvgIpc) is 2.80. The van der Waals surface area contributed by atoms with Crippen molar-refractivity contribution in [3.05, 3.63) is 100 Å². The Hall–Kier alpha value is -2.82. The molecule has 0 N–H and O–H groups in total. The van der Waals surface area contributed by atoms with Gasteiger partial charge in [-0.25, -0.2) is 0 Å². The summed E-state index contributed by atoms with van der Waals surface area (Å²) in [5, 5.41) is 0.680. The Labute approximate surface area is 189 Å². The van der Waals surface area contributed by atoms with Gasteiger partial charge in [0, 0.05) is 43.3 Å². The highest BCUT2D eigenvalue weighted by Gasteiger charge is 2.22. The fourth-order valence-corrected chi connectivity index (χ4v) is 3.94. The Balaban J connectivity index is 1.32. The van der Waals surface area contributed by atoms with Crippen LogP contribution in [-0.2, 0) is 13.2 Å². The number of halogens is 1. The summed E-state index contributed by atoms with van der Waals surface area (Å²) in [6.45, 7) is 6.77. The summed E-state index contributed by atoms with van der Waals surface area (Å²) < 4.78 is 5.82. The number of hydrogen-bond acceptors (Lipinski definition) is 3. The standard InChI is InChI=1S/C26H27ClN2O2/c1-20-5-2-3-7-23(20)18-28-13-15-29(16-14-28)26(30)22-8-4-6-21(17-22)19-31-25-11-9-24(27)10-12-25/h2-12,17H,13-16,18-19H2,1H3. The molecule has 0 radical (unpaired) electrons. The van der Waals surface area contributed by atoms with Crippen LogP contribution < -0.4 is 4.74 Å². The molecular formula is C26H27ClN2O2. The first kappa shape index (κ1) is 21.4. The number of amides is 1. The van der Waals surface area contributed by atoms with Crippen LogP contribution >= 0.6 is 11.6 Å². The third-order valence-electron chi connectivity index (χ3n) is 5.71. The topological polar surface area (TPSA) is 32.8 Å². The van der Waals surface area contributed by atoms with E-state index in [1.807, 2.05) is 41.3 Å². The Morgan fingerprint density at radius 1 is 0.935 bits per heavy atom. The number of piperazine rings is 1. The predicted octanol–water partition coefficient (Wildman–Crippen LogP) is 5.19. The lowest BCUT2D eigenvalue weighted by atomic mass is 10.1. The van der Waals surface area contributed by atoms with Crippen molar-refractivity contribution in [2.45, 2.75) is 20.1 Å². The molecule has 160 valence electrons. The van der Waals surface area contributed by atoms with Gasteiger partial charge in [-0.2, -0.15) is 0 Å². The molecule has 1 saturated heterocycles. The maximum atomic E-state index is 13.0. The second-order valence-electron chi connectivity index (χ2n) is 7.94. The second kappa shape index (κ2) is 9.99. The van der Waals surface area contributed by atoms with E-state index >= 15 is 0 Å². The van der Waals surface area contributed by atoms with Crippen LogP contribution in [-0.4, -0.2) is 41.9 Å². The van der Waals surface area contributed by atoms with Crippen molar-refractivity contribution in [2.75, 3.05) is 26.2 Å². The number of carbonyl (C=O) groups is 1. The molecule has 1 aliphatic rings. The van der Waals surface area contributed by atoms with Crippen LogP contribution in [0.5, 0.6) is 5.75 Å². The monoisotopic (exact) mass is 434 g/mol. The quantitative estimate of drug-likeness (QED) is 0.535. The molecule has 0 atom stereocenters. The van der Waals surface area contributed by atoms with Gasteiger partial charge in [-0.3, -0.25) is 9.69 Å². The lowest BCUT2D eigenvalue weighted by Crippen LogP contribution is -2.48. The third-order valence-corrected chi connectivity index (χ3v) is 5.96. The Morgan fingerprint density at radius 3 is 2.42 bits per heavy atom. The normalized spacial score (nSPS) is 14.5. The first-order valence-corrected chi connectivity index (χ1v) is 11.0. The van der Waals surface area contributed by atoms with Crippen molar-refractivity contribution in [1.82, 2.24) is 9.80 Å². The lowest BCUT2D eigenvalue weighted by Gasteiger charge is -2.35. The Bertz CT molecular complexity index is 1030. The average molecular weight is 435 g/mol. The van der Waals surface area contributed by atoms with Gasteiger partial charge in [0.1, 0.15) is 12.4 Å². The molecule has 3 aromatic carbocycles. The highest BCUT2D eigenvalue weighted by Crippen LogP contribution is 2.18. The van der Waals surface area contributed by atoms with E-state index in [1.54, 1.807) is 12.1 Å².